The van der Waals surface area contributed by atoms with Crippen LogP contribution in [0.25, 0.3) is 0 Å². The maximum absolute atomic E-state index is 12.2. The first-order valence-electron chi connectivity index (χ1n) is 12.5. The molecule has 0 aromatic heterocycles. The number of hydrogen-bond acceptors (Lipinski definition) is 6. The summed E-state index contributed by atoms with van der Waals surface area (Å²) in [6.45, 7) is 12.6. The van der Waals surface area contributed by atoms with Gasteiger partial charge in [-0.15, -0.1) is 0 Å². The number of piperazine rings is 1. The minimum atomic E-state index is -0.497. The Morgan fingerprint density at radius 2 is 1.80 bits per heavy atom. The van der Waals surface area contributed by atoms with E-state index in [-0.39, 0.29) is 11.3 Å². The largest absolute Gasteiger partial charge is 0.353 e. The number of aliphatic imine (C=N–C) groups is 1. The molecule has 192 valence electrons. The van der Waals surface area contributed by atoms with E-state index in [1.807, 2.05) is 12.1 Å². The van der Waals surface area contributed by atoms with Crippen molar-refractivity contribution < 1.29 is 9.59 Å². The van der Waals surface area contributed by atoms with E-state index in [1.54, 1.807) is 24.1 Å². The van der Waals surface area contributed by atoms with Crippen molar-refractivity contribution in [2.24, 2.45) is 21.9 Å². The highest BCUT2D eigenvalue weighted by molar-refractivity contribution is 5.95. The molecule has 9 nitrogen and oxygen atoms in total. The van der Waals surface area contributed by atoms with Crippen LogP contribution in [0.2, 0.25) is 0 Å². The van der Waals surface area contributed by atoms with E-state index < -0.39 is 6.04 Å². The molecule has 2 aliphatic rings. The van der Waals surface area contributed by atoms with E-state index >= 15 is 0 Å². The smallest absolute Gasteiger partial charge is 0.239 e. The number of amides is 2. The first-order chi connectivity index (χ1) is 16.7. The second-order valence-electron chi connectivity index (χ2n) is 10.2. The van der Waals surface area contributed by atoms with Gasteiger partial charge in [0.15, 0.2) is 0 Å². The number of carbonyl (C=O) groups excluding carboxylic acids is 2. The lowest BCUT2D eigenvalue weighted by Gasteiger charge is -2.36. The fraction of sp³-hybridized carbons (Fsp3) is 0.577. The Morgan fingerprint density at radius 1 is 1.14 bits per heavy atom. The lowest BCUT2D eigenvalue weighted by molar-refractivity contribution is -0.133. The van der Waals surface area contributed by atoms with E-state index in [9.17, 15) is 9.59 Å². The van der Waals surface area contributed by atoms with Crippen LogP contribution in [0.5, 0.6) is 0 Å². The first-order valence-corrected chi connectivity index (χ1v) is 12.5. The summed E-state index contributed by atoms with van der Waals surface area (Å²) in [4.78, 5) is 34.2. The van der Waals surface area contributed by atoms with Crippen LogP contribution in [0.3, 0.4) is 0 Å². The minimum absolute atomic E-state index is 0.0346. The number of nitrogens with zero attached hydrogens (tertiary/aromatic N) is 4. The average Bonchev–Trinajstić information content (AvgIpc) is 3.24. The van der Waals surface area contributed by atoms with Gasteiger partial charge in [-0.25, -0.2) is 4.99 Å². The Hall–Kier alpha value is -2.75. The predicted octanol–water partition coefficient (Wildman–Crippen LogP) is 1.24. The van der Waals surface area contributed by atoms with Crippen molar-refractivity contribution >= 4 is 23.8 Å². The van der Waals surface area contributed by atoms with Crippen LogP contribution in [0.4, 0.5) is 5.69 Å². The molecule has 2 fully saturated rings. The molecule has 0 radical (unpaired) electrons. The molecule has 35 heavy (non-hydrogen) atoms. The Balaban J connectivity index is 1.66. The van der Waals surface area contributed by atoms with Crippen molar-refractivity contribution in [3.05, 3.63) is 42.1 Å². The summed E-state index contributed by atoms with van der Waals surface area (Å²) >= 11 is 0. The summed E-state index contributed by atoms with van der Waals surface area (Å²) in [5, 5.41) is 2.55. The summed E-state index contributed by atoms with van der Waals surface area (Å²) in [6.07, 6.45) is 5.15. The van der Waals surface area contributed by atoms with Gasteiger partial charge in [-0.1, -0.05) is 26.0 Å². The monoisotopic (exact) mass is 483 g/mol. The summed E-state index contributed by atoms with van der Waals surface area (Å²) in [7, 11) is 0. The predicted molar refractivity (Wildman–Crippen MR) is 140 cm³/mol. The number of rotatable bonds is 9. The van der Waals surface area contributed by atoms with Gasteiger partial charge in [0.05, 0.1) is 11.7 Å². The average molecular weight is 484 g/mol. The summed E-state index contributed by atoms with van der Waals surface area (Å²) in [6, 6.07) is 7.87. The highest BCUT2D eigenvalue weighted by Gasteiger charge is 2.32. The maximum atomic E-state index is 12.2. The molecule has 1 aromatic carbocycles. The SMILES string of the molecule is CC(N)C(=O)N1CCN(C(/C=C\NC=O)=Nc2ccc(C(C)CN3CCC(C)(CN)C3)cc2)CC1. The van der Waals surface area contributed by atoms with Gasteiger partial charge in [-0.3, -0.25) is 9.59 Å². The summed E-state index contributed by atoms with van der Waals surface area (Å²) in [5.74, 6) is 1.12. The van der Waals surface area contributed by atoms with Crippen molar-refractivity contribution in [3.8, 4) is 0 Å². The minimum Gasteiger partial charge on any atom is -0.353 e. The molecule has 0 saturated carbocycles. The number of carbonyl (C=O) groups is 2. The van der Waals surface area contributed by atoms with Crippen molar-refractivity contribution in [3.63, 3.8) is 0 Å². The van der Waals surface area contributed by atoms with Gasteiger partial charge in [-0.05, 0) is 61.5 Å². The second-order valence-corrected chi connectivity index (χ2v) is 10.2. The number of amidine groups is 1. The third-order valence-electron chi connectivity index (χ3n) is 7.07. The molecule has 0 bridgehead atoms. The molecule has 9 heteroatoms. The fourth-order valence-electron chi connectivity index (χ4n) is 4.77. The Morgan fingerprint density at radius 3 is 2.37 bits per heavy atom. The van der Waals surface area contributed by atoms with Crippen molar-refractivity contribution in [2.75, 3.05) is 52.4 Å². The van der Waals surface area contributed by atoms with E-state index in [0.717, 1.165) is 44.1 Å². The van der Waals surface area contributed by atoms with Crippen LogP contribution in [0, 0.1) is 5.41 Å². The van der Waals surface area contributed by atoms with Gasteiger partial charge < -0.3 is 31.5 Å². The molecular formula is C26H41N7O2. The van der Waals surface area contributed by atoms with Crippen molar-refractivity contribution in [2.45, 2.75) is 39.2 Å². The molecule has 2 aliphatic heterocycles. The van der Waals surface area contributed by atoms with Gasteiger partial charge in [0, 0.05) is 45.5 Å². The molecule has 3 unspecified atom stereocenters. The van der Waals surface area contributed by atoms with Gasteiger partial charge in [0.25, 0.3) is 0 Å². The lowest BCUT2D eigenvalue weighted by Crippen LogP contribution is -2.53. The normalized spacial score (nSPS) is 23.5. The summed E-state index contributed by atoms with van der Waals surface area (Å²) < 4.78 is 0. The van der Waals surface area contributed by atoms with Gasteiger partial charge in [-0.2, -0.15) is 0 Å². The van der Waals surface area contributed by atoms with E-state index in [1.165, 1.54) is 5.56 Å². The number of benzene rings is 1. The molecule has 0 spiro atoms. The summed E-state index contributed by atoms with van der Waals surface area (Å²) in [5.41, 5.74) is 14.1. The highest BCUT2D eigenvalue weighted by atomic mass is 16.2. The second kappa shape index (κ2) is 12.3. The third-order valence-corrected chi connectivity index (χ3v) is 7.07. The van der Waals surface area contributed by atoms with Crippen LogP contribution in [0.15, 0.2) is 41.5 Å². The molecule has 2 heterocycles. The van der Waals surface area contributed by atoms with Gasteiger partial charge >= 0.3 is 0 Å². The van der Waals surface area contributed by atoms with Gasteiger partial charge in [0.2, 0.25) is 12.3 Å². The Kier molecular flexibility index (Phi) is 9.42. The van der Waals surface area contributed by atoms with Crippen molar-refractivity contribution in [1.82, 2.24) is 20.0 Å². The lowest BCUT2D eigenvalue weighted by atomic mass is 9.90. The van der Waals surface area contributed by atoms with Gasteiger partial charge in [0.1, 0.15) is 5.84 Å². The maximum Gasteiger partial charge on any atom is 0.239 e. The molecule has 2 saturated heterocycles. The van der Waals surface area contributed by atoms with Crippen molar-refractivity contribution in [1.29, 1.82) is 0 Å². The zero-order valence-electron chi connectivity index (χ0n) is 21.3. The standard InChI is InChI=1S/C26H41N7O2/c1-20(16-31-11-9-26(3,17-27)18-31)22-4-6-23(7-5-22)30-24(8-10-29-19-34)32-12-14-33(15-13-32)25(35)21(2)28/h4-8,10,19-21H,9,11-18,27-28H2,1-3H3,(H,29,34)/b10-8-,30-24?. The third kappa shape index (κ3) is 7.37. The molecule has 3 atom stereocenters. The first kappa shape index (κ1) is 26.8. The zero-order chi connectivity index (χ0) is 25.4. The van der Waals surface area contributed by atoms with E-state index in [4.69, 9.17) is 16.5 Å². The zero-order valence-corrected chi connectivity index (χ0v) is 21.3. The Bertz CT molecular complexity index is 907. The van der Waals surface area contributed by atoms with Crippen LogP contribution in [-0.4, -0.2) is 91.3 Å². The quantitative estimate of drug-likeness (QED) is 0.276. The van der Waals surface area contributed by atoms with Crippen LogP contribution in [-0.2, 0) is 9.59 Å². The fourth-order valence-corrected chi connectivity index (χ4v) is 4.77. The van der Waals surface area contributed by atoms with Crippen LogP contribution < -0.4 is 16.8 Å². The Labute approximate surface area is 209 Å². The molecule has 5 N–H and O–H groups in total. The van der Waals surface area contributed by atoms with E-state index in [0.29, 0.717) is 38.5 Å². The number of hydrogen-bond donors (Lipinski definition) is 3. The molecular weight excluding hydrogens is 442 g/mol. The van der Waals surface area contributed by atoms with Crippen LogP contribution in [0.1, 0.15) is 38.7 Å². The highest BCUT2D eigenvalue weighted by Crippen LogP contribution is 2.30. The van der Waals surface area contributed by atoms with E-state index in [2.05, 4.69) is 41.1 Å². The molecule has 3 rings (SSSR count). The molecule has 0 aliphatic carbocycles. The number of likely N-dealkylation sites (tertiary alicyclic amines) is 1. The molecule has 2 amide bonds. The topological polar surface area (TPSA) is 120 Å². The molecule has 1 aromatic rings. The number of nitrogens with two attached hydrogens (primary N) is 2. The van der Waals surface area contributed by atoms with Crippen LogP contribution >= 0.6 is 0 Å². The number of nitrogens with one attached hydrogen (secondary N) is 1.